The molecule has 1 fully saturated rings. The number of nitrogens with zero attached hydrogens (tertiary/aromatic N) is 5. The Labute approximate surface area is 206 Å². The normalized spacial score (nSPS) is 13.9. The van der Waals surface area contributed by atoms with Crippen LogP contribution in [0.2, 0.25) is 0 Å². The van der Waals surface area contributed by atoms with Crippen molar-refractivity contribution in [2.45, 2.75) is 19.9 Å². The van der Waals surface area contributed by atoms with Gasteiger partial charge in [-0.1, -0.05) is 0 Å². The minimum absolute atomic E-state index is 0.127. The number of amides is 1. The lowest BCUT2D eigenvalue weighted by atomic mass is 10.1. The molecule has 0 aliphatic carbocycles. The molecule has 0 atom stereocenters. The summed E-state index contributed by atoms with van der Waals surface area (Å²) in [4.78, 5) is 28.7. The lowest BCUT2D eigenvalue weighted by Gasteiger charge is -2.28. The first-order valence-corrected chi connectivity index (χ1v) is 12.3. The van der Waals surface area contributed by atoms with Crippen LogP contribution < -0.4 is 10.2 Å². The number of ether oxygens (including phenoxy) is 1. The molecule has 1 N–H and O–H groups in total. The molecule has 10 heteroatoms. The standard InChI is InChI=1S/C25H25FN6O2S/c1-16(2)32-15-28-22(17-3-5-18(26)6-4-17)23(32)25-29-20(14-35-25)24(33)30-21-8-7-19(13-27-21)31-9-11-34-12-10-31/h3-8,13-16H,9-12H2,1-2H3,(H,27,30,33). The molecule has 1 saturated heterocycles. The number of rotatable bonds is 6. The van der Waals surface area contributed by atoms with E-state index in [0.29, 0.717) is 35.4 Å². The monoisotopic (exact) mass is 492 g/mol. The second-order valence-corrected chi connectivity index (χ2v) is 9.30. The molecule has 3 aromatic heterocycles. The number of benzene rings is 1. The van der Waals surface area contributed by atoms with Gasteiger partial charge in [0.05, 0.1) is 37.1 Å². The van der Waals surface area contributed by atoms with Crippen LogP contribution >= 0.6 is 11.3 Å². The SMILES string of the molecule is CC(C)n1cnc(-c2ccc(F)cc2)c1-c1nc(C(=O)Nc2ccc(N3CCOCC3)cn2)cs1. The minimum atomic E-state index is -0.335. The van der Waals surface area contributed by atoms with Crippen LogP contribution in [0.1, 0.15) is 30.4 Å². The Morgan fingerprint density at radius 3 is 2.57 bits per heavy atom. The molecule has 1 aliphatic rings. The van der Waals surface area contributed by atoms with Crippen LogP contribution in [-0.4, -0.2) is 51.7 Å². The maximum absolute atomic E-state index is 13.5. The summed E-state index contributed by atoms with van der Waals surface area (Å²) in [5, 5.41) is 5.21. The zero-order chi connectivity index (χ0) is 24.4. The molecule has 4 aromatic rings. The molecule has 1 aromatic carbocycles. The molecule has 0 unspecified atom stereocenters. The van der Waals surface area contributed by atoms with Gasteiger partial charge in [0.2, 0.25) is 0 Å². The molecular weight excluding hydrogens is 467 g/mol. The Morgan fingerprint density at radius 1 is 1.11 bits per heavy atom. The number of hydrogen-bond acceptors (Lipinski definition) is 7. The van der Waals surface area contributed by atoms with E-state index in [-0.39, 0.29) is 17.8 Å². The highest BCUT2D eigenvalue weighted by Crippen LogP contribution is 2.35. The average Bonchev–Trinajstić information content (AvgIpc) is 3.53. The zero-order valence-corrected chi connectivity index (χ0v) is 20.3. The number of nitrogens with one attached hydrogen (secondary N) is 1. The van der Waals surface area contributed by atoms with Gasteiger partial charge in [0.25, 0.3) is 5.91 Å². The number of thiazole rings is 1. The van der Waals surface area contributed by atoms with E-state index in [0.717, 1.165) is 30.0 Å². The molecule has 35 heavy (non-hydrogen) atoms. The van der Waals surface area contributed by atoms with Gasteiger partial charge < -0.3 is 19.5 Å². The third kappa shape index (κ3) is 4.94. The van der Waals surface area contributed by atoms with Gasteiger partial charge in [0, 0.05) is 30.1 Å². The second kappa shape index (κ2) is 9.93. The average molecular weight is 493 g/mol. The number of anilines is 2. The number of carbonyl (C=O) groups excluding carboxylic acids is 1. The van der Waals surface area contributed by atoms with Crippen molar-refractivity contribution in [3.8, 4) is 22.0 Å². The number of morpholine rings is 1. The summed E-state index contributed by atoms with van der Waals surface area (Å²) in [5.41, 5.74) is 3.57. The Balaban J connectivity index is 1.37. The van der Waals surface area contributed by atoms with Crippen LogP contribution in [0.4, 0.5) is 15.9 Å². The molecule has 5 rings (SSSR count). The Kier molecular flexibility index (Phi) is 6.56. The smallest absolute Gasteiger partial charge is 0.276 e. The van der Waals surface area contributed by atoms with Crippen molar-refractivity contribution in [2.75, 3.05) is 36.5 Å². The van der Waals surface area contributed by atoms with E-state index in [1.165, 1.54) is 23.5 Å². The van der Waals surface area contributed by atoms with E-state index in [1.807, 2.05) is 24.5 Å². The first-order valence-electron chi connectivity index (χ1n) is 11.4. The molecule has 4 heterocycles. The van der Waals surface area contributed by atoms with Crippen LogP contribution in [0.3, 0.4) is 0 Å². The molecule has 0 bridgehead atoms. The molecule has 1 amide bonds. The van der Waals surface area contributed by atoms with E-state index in [4.69, 9.17) is 4.74 Å². The largest absolute Gasteiger partial charge is 0.378 e. The first-order chi connectivity index (χ1) is 17.0. The summed E-state index contributed by atoms with van der Waals surface area (Å²) in [7, 11) is 0. The molecule has 0 radical (unpaired) electrons. The van der Waals surface area contributed by atoms with Crippen molar-refractivity contribution in [3.05, 3.63) is 65.8 Å². The number of carbonyl (C=O) groups is 1. The highest BCUT2D eigenvalue weighted by Gasteiger charge is 2.21. The van der Waals surface area contributed by atoms with Gasteiger partial charge in [-0.25, -0.2) is 19.3 Å². The van der Waals surface area contributed by atoms with Crippen LogP contribution in [0, 0.1) is 5.82 Å². The van der Waals surface area contributed by atoms with E-state index in [1.54, 1.807) is 36.1 Å². The van der Waals surface area contributed by atoms with Gasteiger partial charge in [-0.2, -0.15) is 0 Å². The molecule has 1 aliphatic heterocycles. The quantitative estimate of drug-likeness (QED) is 0.413. The number of pyridine rings is 1. The maximum Gasteiger partial charge on any atom is 0.276 e. The highest BCUT2D eigenvalue weighted by atomic mass is 32.1. The van der Waals surface area contributed by atoms with Crippen LogP contribution in [0.25, 0.3) is 22.0 Å². The van der Waals surface area contributed by atoms with Crippen molar-refractivity contribution in [1.82, 2.24) is 19.5 Å². The molecular formula is C25H25FN6O2S. The summed E-state index contributed by atoms with van der Waals surface area (Å²) < 4.78 is 20.8. The molecule has 0 saturated carbocycles. The molecule has 180 valence electrons. The Morgan fingerprint density at radius 2 is 1.89 bits per heavy atom. The van der Waals surface area contributed by atoms with Gasteiger partial charge >= 0.3 is 0 Å². The van der Waals surface area contributed by atoms with Gasteiger partial charge in [0.15, 0.2) is 0 Å². The van der Waals surface area contributed by atoms with Crippen LogP contribution in [-0.2, 0) is 4.74 Å². The summed E-state index contributed by atoms with van der Waals surface area (Å²) in [6.07, 6.45) is 3.50. The fourth-order valence-electron chi connectivity index (χ4n) is 3.92. The summed E-state index contributed by atoms with van der Waals surface area (Å²) in [6, 6.07) is 10.1. The van der Waals surface area contributed by atoms with E-state index in [2.05, 4.69) is 25.2 Å². The zero-order valence-electron chi connectivity index (χ0n) is 19.4. The third-order valence-corrected chi connectivity index (χ3v) is 6.62. The summed E-state index contributed by atoms with van der Waals surface area (Å²) in [6.45, 7) is 7.14. The van der Waals surface area contributed by atoms with Gasteiger partial charge in [-0.3, -0.25) is 4.79 Å². The van der Waals surface area contributed by atoms with Crippen LogP contribution in [0.15, 0.2) is 54.3 Å². The van der Waals surface area contributed by atoms with Gasteiger partial charge in [0.1, 0.15) is 28.0 Å². The number of aromatic nitrogens is 4. The summed E-state index contributed by atoms with van der Waals surface area (Å²) >= 11 is 1.37. The second-order valence-electron chi connectivity index (χ2n) is 8.44. The highest BCUT2D eigenvalue weighted by molar-refractivity contribution is 7.13. The minimum Gasteiger partial charge on any atom is -0.378 e. The summed E-state index contributed by atoms with van der Waals surface area (Å²) in [5.74, 6) is -0.183. The van der Waals surface area contributed by atoms with Crippen LogP contribution in [0.5, 0.6) is 0 Å². The lowest BCUT2D eigenvalue weighted by molar-refractivity contribution is 0.102. The van der Waals surface area contributed by atoms with Crippen molar-refractivity contribution < 1.29 is 13.9 Å². The van der Waals surface area contributed by atoms with E-state index < -0.39 is 0 Å². The number of halogens is 1. The van der Waals surface area contributed by atoms with Crippen molar-refractivity contribution in [3.63, 3.8) is 0 Å². The third-order valence-electron chi connectivity index (χ3n) is 5.77. The maximum atomic E-state index is 13.5. The predicted octanol–water partition coefficient (Wildman–Crippen LogP) is 4.88. The fraction of sp³-hybridized carbons (Fsp3) is 0.280. The van der Waals surface area contributed by atoms with Crippen molar-refractivity contribution >= 4 is 28.7 Å². The number of hydrogen-bond donors (Lipinski definition) is 1. The first kappa shape index (κ1) is 23.1. The Bertz CT molecular complexity index is 1310. The molecule has 0 spiro atoms. The van der Waals surface area contributed by atoms with Crippen molar-refractivity contribution in [2.24, 2.45) is 0 Å². The van der Waals surface area contributed by atoms with Gasteiger partial charge in [-0.05, 0) is 50.2 Å². The van der Waals surface area contributed by atoms with E-state index in [9.17, 15) is 9.18 Å². The van der Waals surface area contributed by atoms with E-state index >= 15 is 0 Å². The number of imidazole rings is 1. The topological polar surface area (TPSA) is 85.2 Å². The van der Waals surface area contributed by atoms with Gasteiger partial charge in [-0.15, -0.1) is 11.3 Å². The predicted molar refractivity (Wildman–Crippen MR) is 134 cm³/mol. The Hall–Kier alpha value is -3.63. The lowest BCUT2D eigenvalue weighted by Crippen LogP contribution is -2.36. The fourth-order valence-corrected chi connectivity index (χ4v) is 4.77. The van der Waals surface area contributed by atoms with Crippen molar-refractivity contribution in [1.29, 1.82) is 0 Å². The molecule has 8 nitrogen and oxygen atoms in total.